The number of carbonyl (C=O) groups is 1. The topological polar surface area (TPSA) is 84.9 Å². The van der Waals surface area contributed by atoms with Crippen LogP contribution in [0.4, 0.5) is 11.4 Å². The molecule has 3 rings (SSSR count). The normalized spacial score (nSPS) is 11.1. The molecule has 0 spiro atoms. The van der Waals surface area contributed by atoms with E-state index in [-0.39, 0.29) is 10.6 Å². The molecule has 0 fully saturated rings. The molecule has 0 heterocycles. The lowest BCUT2D eigenvalue weighted by Crippen LogP contribution is -2.38. The zero-order valence-electron chi connectivity index (χ0n) is 20.1. The number of carbonyl (C=O) groups excluding carboxylic acids is 1. The second-order valence-corrected chi connectivity index (χ2v) is 9.77. The largest absolute Gasteiger partial charge is 0.495 e. The average Bonchev–Trinajstić information content (AvgIpc) is 2.82. The fourth-order valence-corrected chi connectivity index (χ4v) is 5.22. The van der Waals surface area contributed by atoms with Crippen molar-refractivity contribution in [3.8, 4) is 11.5 Å². The van der Waals surface area contributed by atoms with E-state index < -0.39 is 22.5 Å². The molecule has 3 aromatic rings. The third-order valence-electron chi connectivity index (χ3n) is 5.44. The molecule has 0 saturated heterocycles. The first-order valence-electron chi connectivity index (χ1n) is 10.9. The van der Waals surface area contributed by atoms with E-state index in [1.165, 1.54) is 14.2 Å². The average molecular weight is 483 g/mol. The van der Waals surface area contributed by atoms with Crippen molar-refractivity contribution in [1.82, 2.24) is 0 Å². The van der Waals surface area contributed by atoms with Crippen molar-refractivity contribution in [2.75, 3.05) is 30.4 Å². The molecule has 0 radical (unpaired) electrons. The zero-order chi connectivity index (χ0) is 24.9. The van der Waals surface area contributed by atoms with Gasteiger partial charge in [-0.3, -0.25) is 9.10 Å². The highest BCUT2D eigenvalue weighted by molar-refractivity contribution is 7.93. The Balaban J connectivity index is 2.03. The lowest BCUT2D eigenvalue weighted by atomic mass is 10.1. The maximum atomic E-state index is 13.8. The number of benzene rings is 3. The minimum Gasteiger partial charge on any atom is -0.495 e. The van der Waals surface area contributed by atoms with E-state index in [1.54, 1.807) is 49.4 Å². The first-order chi connectivity index (χ1) is 16.2. The Morgan fingerprint density at radius 3 is 2.06 bits per heavy atom. The van der Waals surface area contributed by atoms with E-state index in [0.29, 0.717) is 17.1 Å². The third kappa shape index (κ3) is 5.51. The van der Waals surface area contributed by atoms with E-state index in [4.69, 9.17) is 9.47 Å². The van der Waals surface area contributed by atoms with Crippen molar-refractivity contribution in [2.45, 2.75) is 32.1 Å². The molecule has 0 aliphatic heterocycles. The highest BCUT2D eigenvalue weighted by atomic mass is 32.2. The Hall–Kier alpha value is -3.52. The van der Waals surface area contributed by atoms with Crippen molar-refractivity contribution >= 4 is 27.3 Å². The molecule has 0 saturated carbocycles. The Kier molecular flexibility index (Phi) is 7.83. The van der Waals surface area contributed by atoms with Crippen LogP contribution in [0.15, 0.2) is 65.6 Å². The quantitative estimate of drug-likeness (QED) is 0.477. The van der Waals surface area contributed by atoms with Gasteiger partial charge in [-0.05, 0) is 73.4 Å². The van der Waals surface area contributed by atoms with E-state index in [1.807, 2.05) is 32.0 Å². The first-order valence-corrected chi connectivity index (χ1v) is 12.3. The summed E-state index contributed by atoms with van der Waals surface area (Å²) in [6.07, 6.45) is 0.812. The monoisotopic (exact) mass is 482 g/mol. The van der Waals surface area contributed by atoms with Crippen molar-refractivity contribution in [3.05, 3.63) is 77.4 Å². The Bertz CT molecular complexity index is 1270. The van der Waals surface area contributed by atoms with E-state index in [9.17, 15) is 13.2 Å². The summed E-state index contributed by atoms with van der Waals surface area (Å²) in [6.45, 7) is 5.28. The highest BCUT2D eigenvalue weighted by Gasteiger charge is 2.30. The first kappa shape index (κ1) is 25.1. The summed E-state index contributed by atoms with van der Waals surface area (Å²) in [7, 11) is -1.21. The third-order valence-corrected chi connectivity index (χ3v) is 7.23. The van der Waals surface area contributed by atoms with Gasteiger partial charge in [-0.2, -0.15) is 0 Å². The summed E-state index contributed by atoms with van der Waals surface area (Å²) in [5.74, 6) is 0.196. The number of aryl methyl sites for hydroxylation is 3. The molecule has 0 aromatic heterocycles. The van der Waals surface area contributed by atoms with E-state index in [0.717, 1.165) is 27.4 Å². The highest BCUT2D eigenvalue weighted by Crippen LogP contribution is 2.31. The van der Waals surface area contributed by atoms with Crippen LogP contribution in [0.25, 0.3) is 0 Å². The number of hydrogen-bond acceptors (Lipinski definition) is 5. The molecule has 0 bridgehead atoms. The van der Waals surface area contributed by atoms with E-state index in [2.05, 4.69) is 5.32 Å². The molecule has 0 aliphatic carbocycles. The van der Waals surface area contributed by atoms with Crippen molar-refractivity contribution in [1.29, 1.82) is 0 Å². The molecule has 7 nitrogen and oxygen atoms in total. The molecule has 0 unspecified atom stereocenters. The summed E-state index contributed by atoms with van der Waals surface area (Å²) in [5.41, 5.74) is 3.60. The lowest BCUT2D eigenvalue weighted by Gasteiger charge is -2.25. The number of amides is 1. The van der Waals surface area contributed by atoms with Crippen molar-refractivity contribution < 1.29 is 22.7 Å². The molecule has 34 heavy (non-hydrogen) atoms. The fourth-order valence-electron chi connectivity index (χ4n) is 3.56. The van der Waals surface area contributed by atoms with Crippen LogP contribution in [-0.4, -0.2) is 35.1 Å². The predicted octanol–water partition coefficient (Wildman–Crippen LogP) is 4.72. The fraction of sp³-hybridized carbons (Fsp3) is 0.269. The van der Waals surface area contributed by atoms with Crippen molar-refractivity contribution in [2.24, 2.45) is 0 Å². The van der Waals surface area contributed by atoms with Gasteiger partial charge in [-0.1, -0.05) is 31.2 Å². The molecule has 8 heteroatoms. The molecular formula is C26H30N2O5S. The van der Waals surface area contributed by atoms with Crippen LogP contribution in [0.5, 0.6) is 11.5 Å². The molecule has 1 N–H and O–H groups in total. The van der Waals surface area contributed by atoms with Crippen molar-refractivity contribution in [3.63, 3.8) is 0 Å². The number of nitrogens with one attached hydrogen (secondary N) is 1. The summed E-state index contributed by atoms with van der Waals surface area (Å²) in [6, 6.07) is 17.4. The summed E-state index contributed by atoms with van der Waals surface area (Å²) in [5, 5.41) is 2.79. The molecule has 0 aliphatic rings. The van der Waals surface area contributed by atoms with Gasteiger partial charge in [0.15, 0.2) is 0 Å². The Morgan fingerprint density at radius 2 is 1.47 bits per heavy atom. The minimum atomic E-state index is -4.13. The van der Waals surface area contributed by atoms with Crippen LogP contribution < -0.4 is 19.1 Å². The number of ether oxygens (including phenoxy) is 2. The van der Waals surface area contributed by atoms with Crippen LogP contribution in [0.3, 0.4) is 0 Å². The van der Waals surface area contributed by atoms with Gasteiger partial charge in [0.25, 0.3) is 10.0 Å². The zero-order valence-corrected chi connectivity index (χ0v) is 20.9. The number of methoxy groups -OCH3 is 2. The maximum absolute atomic E-state index is 13.8. The standard InChI is InChI=1S/C26H30N2O5S/c1-6-20-9-11-21(12-10-20)28(34(30,31)25-16-19(3)8-14-24(25)33-5)17-26(29)27-22-15-18(2)7-13-23(22)32-4/h7-16H,6,17H2,1-5H3,(H,27,29). The van der Waals surface area contributed by atoms with Gasteiger partial charge in [0, 0.05) is 0 Å². The van der Waals surface area contributed by atoms with Crippen LogP contribution in [0, 0.1) is 13.8 Å². The number of anilines is 2. The summed E-state index contributed by atoms with van der Waals surface area (Å²) >= 11 is 0. The van der Waals surface area contributed by atoms with Gasteiger partial charge in [-0.15, -0.1) is 0 Å². The van der Waals surface area contributed by atoms with Crippen LogP contribution in [0.2, 0.25) is 0 Å². The maximum Gasteiger partial charge on any atom is 0.268 e. The Morgan fingerprint density at radius 1 is 0.882 bits per heavy atom. The van der Waals surface area contributed by atoms with Gasteiger partial charge in [0.05, 0.1) is 25.6 Å². The summed E-state index contributed by atoms with van der Waals surface area (Å²) < 4.78 is 39.4. The second-order valence-electron chi connectivity index (χ2n) is 7.94. The predicted molar refractivity (Wildman–Crippen MR) is 134 cm³/mol. The molecule has 3 aromatic carbocycles. The van der Waals surface area contributed by atoms with Crippen LogP contribution >= 0.6 is 0 Å². The molecular weight excluding hydrogens is 452 g/mol. The molecule has 1 amide bonds. The van der Waals surface area contributed by atoms with Gasteiger partial charge < -0.3 is 14.8 Å². The Labute approximate surface area is 201 Å². The smallest absolute Gasteiger partial charge is 0.268 e. The SMILES string of the molecule is CCc1ccc(N(CC(=O)Nc2cc(C)ccc2OC)S(=O)(=O)c2cc(C)ccc2OC)cc1. The van der Waals surface area contributed by atoms with Gasteiger partial charge >= 0.3 is 0 Å². The number of hydrogen-bond donors (Lipinski definition) is 1. The van der Waals surface area contributed by atoms with E-state index >= 15 is 0 Å². The number of sulfonamides is 1. The van der Waals surface area contributed by atoms with Gasteiger partial charge in [0.2, 0.25) is 5.91 Å². The van der Waals surface area contributed by atoms with Crippen LogP contribution in [-0.2, 0) is 21.2 Å². The lowest BCUT2D eigenvalue weighted by molar-refractivity contribution is -0.114. The summed E-state index contributed by atoms with van der Waals surface area (Å²) in [4.78, 5) is 13.1. The number of nitrogens with zero attached hydrogens (tertiary/aromatic N) is 1. The molecule has 0 atom stereocenters. The molecule has 180 valence electrons. The van der Waals surface area contributed by atoms with Crippen LogP contribution in [0.1, 0.15) is 23.6 Å². The second kappa shape index (κ2) is 10.6. The minimum absolute atomic E-state index is 0.00416. The van der Waals surface area contributed by atoms with Gasteiger partial charge in [0.1, 0.15) is 22.9 Å². The number of rotatable bonds is 9. The van der Waals surface area contributed by atoms with Gasteiger partial charge in [-0.25, -0.2) is 8.42 Å².